The van der Waals surface area contributed by atoms with Crippen LogP contribution in [-0.2, 0) is 24.2 Å². The molecule has 20 heavy (non-hydrogen) atoms. The van der Waals surface area contributed by atoms with E-state index in [4.69, 9.17) is 9.84 Å². The highest BCUT2D eigenvalue weighted by atomic mass is 32.2. The Hall–Kier alpha value is -1.15. The Morgan fingerprint density at radius 1 is 1.35 bits per heavy atom. The Labute approximate surface area is 118 Å². The van der Waals surface area contributed by atoms with Crippen molar-refractivity contribution in [1.29, 1.82) is 0 Å². The Morgan fingerprint density at radius 2 is 1.95 bits per heavy atom. The van der Waals surface area contributed by atoms with E-state index in [1.807, 2.05) is 0 Å². The van der Waals surface area contributed by atoms with Crippen LogP contribution < -0.4 is 0 Å². The van der Waals surface area contributed by atoms with Crippen LogP contribution >= 0.6 is 0 Å². The van der Waals surface area contributed by atoms with Crippen molar-refractivity contribution in [2.75, 3.05) is 24.6 Å². The van der Waals surface area contributed by atoms with Crippen LogP contribution in [0.15, 0.2) is 0 Å². The van der Waals surface area contributed by atoms with E-state index in [1.54, 1.807) is 20.8 Å². The van der Waals surface area contributed by atoms with Crippen molar-refractivity contribution in [1.82, 2.24) is 4.90 Å². The zero-order valence-electron chi connectivity index (χ0n) is 11.9. The highest BCUT2D eigenvalue weighted by Crippen LogP contribution is 2.13. The summed E-state index contributed by atoms with van der Waals surface area (Å²) >= 11 is 0. The molecule has 1 fully saturated rings. The van der Waals surface area contributed by atoms with Gasteiger partial charge in [-0.3, -0.25) is 4.79 Å². The topological polar surface area (TPSA) is 101 Å². The van der Waals surface area contributed by atoms with Gasteiger partial charge in [0.15, 0.2) is 15.9 Å². The van der Waals surface area contributed by atoms with E-state index < -0.39 is 39.7 Å². The van der Waals surface area contributed by atoms with Crippen LogP contribution in [-0.4, -0.2) is 67.1 Å². The van der Waals surface area contributed by atoms with E-state index in [1.165, 1.54) is 4.90 Å². The Morgan fingerprint density at radius 3 is 2.45 bits per heavy atom. The molecule has 0 aromatic heterocycles. The number of rotatable bonds is 5. The summed E-state index contributed by atoms with van der Waals surface area (Å²) in [7, 11) is -3.46. The van der Waals surface area contributed by atoms with E-state index >= 15 is 0 Å². The minimum Gasteiger partial charge on any atom is -0.479 e. The van der Waals surface area contributed by atoms with Gasteiger partial charge >= 0.3 is 5.97 Å². The number of hydrogen-bond acceptors (Lipinski definition) is 5. The molecule has 0 aliphatic carbocycles. The number of carboxylic acid groups (broad SMARTS) is 1. The van der Waals surface area contributed by atoms with Gasteiger partial charge in [0.1, 0.15) is 5.75 Å². The molecule has 1 amide bonds. The van der Waals surface area contributed by atoms with Gasteiger partial charge in [-0.15, -0.1) is 0 Å². The third-order valence-electron chi connectivity index (χ3n) is 2.82. The second-order valence-electron chi connectivity index (χ2n) is 5.52. The summed E-state index contributed by atoms with van der Waals surface area (Å²) in [5, 5.41) is 8.93. The average Bonchev–Trinajstić information content (AvgIpc) is 2.25. The van der Waals surface area contributed by atoms with Crippen molar-refractivity contribution < 1.29 is 27.9 Å². The molecule has 1 rings (SSSR count). The van der Waals surface area contributed by atoms with Gasteiger partial charge in [0.05, 0.1) is 18.4 Å². The largest absolute Gasteiger partial charge is 0.479 e. The number of ether oxygens (including phenoxy) is 1. The van der Waals surface area contributed by atoms with E-state index in [-0.39, 0.29) is 24.8 Å². The van der Waals surface area contributed by atoms with Gasteiger partial charge in [-0.1, -0.05) is 13.8 Å². The molecule has 2 atom stereocenters. The second kappa shape index (κ2) is 6.53. The number of amides is 1. The lowest BCUT2D eigenvalue weighted by Gasteiger charge is -2.34. The number of morpholine rings is 1. The van der Waals surface area contributed by atoms with Gasteiger partial charge in [0.2, 0.25) is 5.91 Å². The zero-order chi connectivity index (χ0) is 15.5. The summed E-state index contributed by atoms with van der Waals surface area (Å²) in [4.78, 5) is 24.2. The Kier molecular flexibility index (Phi) is 5.52. The summed E-state index contributed by atoms with van der Waals surface area (Å²) in [6, 6.07) is 0. The quantitative estimate of drug-likeness (QED) is 0.752. The monoisotopic (exact) mass is 307 g/mol. The summed E-state index contributed by atoms with van der Waals surface area (Å²) < 4.78 is 28.8. The van der Waals surface area contributed by atoms with Crippen molar-refractivity contribution in [2.45, 2.75) is 33.0 Å². The first kappa shape index (κ1) is 16.9. The van der Waals surface area contributed by atoms with E-state index in [0.29, 0.717) is 0 Å². The third kappa shape index (κ3) is 5.09. The number of hydrogen-bond donors (Lipinski definition) is 1. The first-order valence-electron chi connectivity index (χ1n) is 6.47. The molecule has 0 spiro atoms. The first-order chi connectivity index (χ1) is 9.10. The molecule has 1 saturated heterocycles. The molecule has 0 saturated carbocycles. The number of carbonyl (C=O) groups is 2. The van der Waals surface area contributed by atoms with Gasteiger partial charge in [-0.2, -0.15) is 0 Å². The molecule has 1 unspecified atom stereocenters. The summed E-state index contributed by atoms with van der Waals surface area (Å²) in [6.07, 6.45) is -1.53. The highest BCUT2D eigenvalue weighted by Gasteiger charge is 2.34. The van der Waals surface area contributed by atoms with Gasteiger partial charge in [-0.05, 0) is 12.8 Å². The van der Waals surface area contributed by atoms with Crippen LogP contribution in [0.25, 0.3) is 0 Å². The number of nitrogens with zero attached hydrogens (tertiary/aromatic N) is 1. The van der Waals surface area contributed by atoms with Gasteiger partial charge in [0, 0.05) is 6.54 Å². The molecule has 7 nitrogen and oxygen atoms in total. The van der Waals surface area contributed by atoms with Crippen molar-refractivity contribution in [3.05, 3.63) is 0 Å². The third-order valence-corrected chi connectivity index (χ3v) is 4.68. The van der Waals surface area contributed by atoms with Crippen LogP contribution in [0.2, 0.25) is 0 Å². The van der Waals surface area contributed by atoms with Crippen molar-refractivity contribution in [3.8, 4) is 0 Å². The Balaban J connectivity index is 2.69. The molecule has 0 bridgehead atoms. The van der Waals surface area contributed by atoms with Crippen LogP contribution in [0.5, 0.6) is 0 Å². The fourth-order valence-corrected chi connectivity index (χ4v) is 3.83. The zero-order valence-corrected chi connectivity index (χ0v) is 12.7. The predicted molar refractivity (Wildman–Crippen MR) is 72.0 cm³/mol. The molecule has 1 aliphatic heterocycles. The van der Waals surface area contributed by atoms with E-state index in [0.717, 1.165) is 0 Å². The van der Waals surface area contributed by atoms with E-state index in [2.05, 4.69) is 0 Å². The van der Waals surface area contributed by atoms with Gasteiger partial charge in [-0.25, -0.2) is 13.2 Å². The number of carbonyl (C=O) groups excluding carboxylic acids is 1. The maximum absolute atomic E-state index is 12.0. The summed E-state index contributed by atoms with van der Waals surface area (Å²) in [5.74, 6) is -2.40. The van der Waals surface area contributed by atoms with Crippen molar-refractivity contribution >= 4 is 21.7 Å². The van der Waals surface area contributed by atoms with Crippen LogP contribution in [0.1, 0.15) is 20.8 Å². The molecule has 8 heteroatoms. The lowest BCUT2D eigenvalue weighted by atomic mass is 10.2. The second-order valence-corrected chi connectivity index (χ2v) is 7.63. The molecular weight excluding hydrogens is 286 g/mol. The minimum atomic E-state index is -3.46. The van der Waals surface area contributed by atoms with Gasteiger partial charge in [0.25, 0.3) is 0 Å². The molecule has 1 aliphatic rings. The minimum absolute atomic E-state index is 0.0526. The smallest absolute Gasteiger partial charge is 0.334 e. The number of carboxylic acids is 1. The van der Waals surface area contributed by atoms with E-state index in [9.17, 15) is 18.0 Å². The Bertz CT molecular complexity index is 472. The lowest BCUT2D eigenvalue weighted by Crippen LogP contribution is -2.53. The standard InChI is InChI=1S/C12H21NO6S/c1-8(2)6-20(17,18)7-11(14)13-4-9(3)19-10(5-13)12(15)16/h8-10H,4-7H2,1-3H3,(H,15,16)/t9-,10?/m1/s1. The summed E-state index contributed by atoms with van der Waals surface area (Å²) in [6.45, 7) is 5.27. The highest BCUT2D eigenvalue weighted by molar-refractivity contribution is 7.92. The molecule has 0 radical (unpaired) electrons. The predicted octanol–water partition coefficient (Wildman–Crippen LogP) is -0.242. The van der Waals surface area contributed by atoms with Crippen molar-refractivity contribution in [3.63, 3.8) is 0 Å². The summed E-state index contributed by atoms with van der Waals surface area (Å²) in [5.41, 5.74) is 0. The van der Waals surface area contributed by atoms with Crippen LogP contribution in [0.3, 0.4) is 0 Å². The molecule has 1 N–H and O–H groups in total. The molecule has 0 aromatic rings. The molecule has 116 valence electrons. The SMILES string of the molecule is CC(C)CS(=O)(=O)CC(=O)N1CC(C(=O)O)O[C@H](C)C1. The number of sulfone groups is 1. The molecule has 1 heterocycles. The van der Waals surface area contributed by atoms with Crippen LogP contribution in [0.4, 0.5) is 0 Å². The lowest BCUT2D eigenvalue weighted by molar-refractivity contribution is -0.165. The first-order valence-corrected chi connectivity index (χ1v) is 8.29. The maximum Gasteiger partial charge on any atom is 0.334 e. The van der Waals surface area contributed by atoms with Crippen LogP contribution in [0, 0.1) is 5.92 Å². The maximum atomic E-state index is 12.0. The van der Waals surface area contributed by atoms with Crippen molar-refractivity contribution in [2.24, 2.45) is 5.92 Å². The fourth-order valence-electron chi connectivity index (χ4n) is 2.14. The van der Waals surface area contributed by atoms with Gasteiger partial charge < -0.3 is 14.7 Å². The fraction of sp³-hybridized carbons (Fsp3) is 0.833. The normalized spacial score (nSPS) is 23.9. The molecule has 0 aromatic carbocycles. The average molecular weight is 307 g/mol. The number of aliphatic carboxylic acids is 1. The molecular formula is C12H21NO6S.